The third-order valence-corrected chi connectivity index (χ3v) is 4.96. The Kier molecular flexibility index (Phi) is 5.03. The van der Waals surface area contributed by atoms with Gasteiger partial charge in [-0.1, -0.05) is 48.5 Å². The lowest BCUT2D eigenvalue weighted by atomic mass is 10.2. The molecule has 0 unspecified atom stereocenters. The van der Waals surface area contributed by atoms with Crippen LogP contribution in [-0.4, -0.2) is 18.7 Å². The van der Waals surface area contributed by atoms with Crippen LogP contribution in [0.15, 0.2) is 70.3 Å². The first-order valence-electron chi connectivity index (χ1n) is 9.73. The van der Waals surface area contributed by atoms with Crippen molar-refractivity contribution in [1.82, 2.24) is 18.7 Å². The molecule has 0 atom stereocenters. The van der Waals surface area contributed by atoms with Crippen LogP contribution in [0.4, 0.5) is 11.6 Å². The smallest absolute Gasteiger partial charge is 0.326 e. The van der Waals surface area contributed by atoms with Crippen molar-refractivity contribution in [3.05, 3.63) is 87.1 Å². The maximum Gasteiger partial charge on any atom is 0.332 e. The molecule has 0 aliphatic rings. The molecule has 0 bridgehead atoms. The van der Waals surface area contributed by atoms with E-state index in [0.717, 1.165) is 11.3 Å². The standard InChI is InChI=1S/C22H23N5O2/c1-3-25-19-18(20(28)26(4-2)22(25)29)27(15-16-11-7-5-8-12-16)21(24-19)23-17-13-9-6-10-14-17/h5-14H,3-4,15H2,1-2H3,(H,23,24). The number of hydrogen-bond acceptors (Lipinski definition) is 4. The maximum absolute atomic E-state index is 13.2. The van der Waals surface area contributed by atoms with Crippen molar-refractivity contribution in [2.75, 3.05) is 5.32 Å². The number of aromatic nitrogens is 4. The van der Waals surface area contributed by atoms with Crippen LogP contribution in [0, 0.1) is 0 Å². The largest absolute Gasteiger partial charge is 0.332 e. The Morgan fingerprint density at radius 2 is 1.45 bits per heavy atom. The molecule has 0 fully saturated rings. The minimum Gasteiger partial charge on any atom is -0.326 e. The molecule has 4 rings (SSSR count). The van der Waals surface area contributed by atoms with Crippen LogP contribution in [0.3, 0.4) is 0 Å². The van der Waals surface area contributed by atoms with Crippen LogP contribution in [0.2, 0.25) is 0 Å². The summed E-state index contributed by atoms with van der Waals surface area (Å²) in [5.41, 5.74) is 2.08. The third kappa shape index (κ3) is 3.35. The lowest BCUT2D eigenvalue weighted by Crippen LogP contribution is -2.40. The first kappa shape index (κ1) is 18.7. The van der Waals surface area contributed by atoms with Crippen molar-refractivity contribution < 1.29 is 0 Å². The quantitative estimate of drug-likeness (QED) is 0.550. The van der Waals surface area contributed by atoms with Gasteiger partial charge in [-0.25, -0.2) is 4.79 Å². The molecular weight excluding hydrogens is 366 g/mol. The fourth-order valence-corrected chi connectivity index (χ4v) is 3.52. The van der Waals surface area contributed by atoms with Crippen LogP contribution in [0.5, 0.6) is 0 Å². The van der Waals surface area contributed by atoms with Crippen LogP contribution < -0.4 is 16.6 Å². The van der Waals surface area contributed by atoms with Gasteiger partial charge in [-0.15, -0.1) is 0 Å². The Morgan fingerprint density at radius 3 is 2.07 bits per heavy atom. The number of imidazole rings is 1. The number of rotatable bonds is 6. The molecule has 7 heteroatoms. The molecule has 29 heavy (non-hydrogen) atoms. The summed E-state index contributed by atoms with van der Waals surface area (Å²) < 4.78 is 4.68. The third-order valence-electron chi connectivity index (χ3n) is 4.96. The molecule has 0 amide bonds. The molecule has 1 N–H and O–H groups in total. The fourth-order valence-electron chi connectivity index (χ4n) is 3.52. The van der Waals surface area contributed by atoms with Crippen LogP contribution >= 0.6 is 0 Å². The van der Waals surface area contributed by atoms with Gasteiger partial charge in [0, 0.05) is 18.8 Å². The van der Waals surface area contributed by atoms with Crippen molar-refractivity contribution in [2.24, 2.45) is 0 Å². The molecule has 2 aromatic heterocycles. The van der Waals surface area contributed by atoms with Gasteiger partial charge in [0.05, 0.1) is 6.54 Å². The maximum atomic E-state index is 13.2. The Labute approximate surface area is 167 Å². The van der Waals surface area contributed by atoms with E-state index in [1.54, 1.807) is 11.5 Å². The Bertz CT molecular complexity index is 1250. The van der Waals surface area contributed by atoms with E-state index < -0.39 is 0 Å². The molecule has 0 aliphatic carbocycles. The highest BCUT2D eigenvalue weighted by molar-refractivity contribution is 5.76. The van der Waals surface area contributed by atoms with E-state index in [-0.39, 0.29) is 11.2 Å². The zero-order valence-electron chi connectivity index (χ0n) is 16.5. The average Bonchev–Trinajstić information content (AvgIpc) is 3.08. The van der Waals surface area contributed by atoms with Crippen molar-refractivity contribution in [2.45, 2.75) is 33.5 Å². The summed E-state index contributed by atoms with van der Waals surface area (Å²) in [5.74, 6) is 0.530. The van der Waals surface area contributed by atoms with Gasteiger partial charge in [0.2, 0.25) is 5.95 Å². The number of benzene rings is 2. The van der Waals surface area contributed by atoms with E-state index in [1.165, 1.54) is 4.57 Å². The summed E-state index contributed by atoms with van der Waals surface area (Å²) in [4.78, 5) is 30.6. The average molecular weight is 389 g/mol. The summed E-state index contributed by atoms with van der Waals surface area (Å²) in [6.45, 7) is 4.89. The normalized spacial score (nSPS) is 11.1. The van der Waals surface area contributed by atoms with Crippen molar-refractivity contribution >= 4 is 22.8 Å². The molecule has 0 saturated carbocycles. The second-order valence-corrected chi connectivity index (χ2v) is 6.75. The summed E-state index contributed by atoms with van der Waals surface area (Å²) in [7, 11) is 0. The number of anilines is 2. The van der Waals surface area contributed by atoms with E-state index in [0.29, 0.717) is 36.7 Å². The molecule has 0 radical (unpaired) electrons. The molecule has 2 aromatic carbocycles. The predicted molar refractivity (Wildman–Crippen MR) is 115 cm³/mol. The Balaban J connectivity index is 2.00. The lowest BCUT2D eigenvalue weighted by Gasteiger charge is -2.12. The first-order chi connectivity index (χ1) is 14.1. The zero-order chi connectivity index (χ0) is 20.4. The van der Waals surface area contributed by atoms with Gasteiger partial charge in [-0.3, -0.25) is 18.5 Å². The number of hydrogen-bond donors (Lipinski definition) is 1. The minimum absolute atomic E-state index is 0.311. The molecule has 0 spiro atoms. The highest BCUT2D eigenvalue weighted by atomic mass is 16.2. The van der Waals surface area contributed by atoms with Gasteiger partial charge in [-0.05, 0) is 31.5 Å². The van der Waals surface area contributed by atoms with Crippen molar-refractivity contribution in [3.63, 3.8) is 0 Å². The van der Waals surface area contributed by atoms with Gasteiger partial charge in [-0.2, -0.15) is 4.98 Å². The van der Waals surface area contributed by atoms with Gasteiger partial charge in [0.15, 0.2) is 11.2 Å². The van der Waals surface area contributed by atoms with Crippen LogP contribution in [0.25, 0.3) is 11.2 Å². The molecule has 148 valence electrons. The monoisotopic (exact) mass is 389 g/mol. The summed E-state index contributed by atoms with van der Waals surface area (Å²) in [6.07, 6.45) is 0. The lowest BCUT2D eigenvalue weighted by molar-refractivity contribution is 0.603. The van der Waals surface area contributed by atoms with Gasteiger partial charge < -0.3 is 5.32 Å². The van der Waals surface area contributed by atoms with Crippen molar-refractivity contribution in [1.29, 1.82) is 0 Å². The van der Waals surface area contributed by atoms with E-state index in [1.807, 2.05) is 72.2 Å². The number of fused-ring (bicyclic) bond motifs is 1. The topological polar surface area (TPSA) is 73.8 Å². The molecule has 7 nitrogen and oxygen atoms in total. The van der Waals surface area contributed by atoms with Crippen LogP contribution in [0.1, 0.15) is 19.4 Å². The van der Waals surface area contributed by atoms with E-state index >= 15 is 0 Å². The fraction of sp³-hybridized carbons (Fsp3) is 0.227. The Morgan fingerprint density at radius 1 is 0.828 bits per heavy atom. The summed E-state index contributed by atoms with van der Waals surface area (Å²) >= 11 is 0. The molecule has 0 aliphatic heterocycles. The summed E-state index contributed by atoms with van der Waals surface area (Å²) in [5, 5.41) is 3.31. The van der Waals surface area contributed by atoms with E-state index in [4.69, 9.17) is 0 Å². The van der Waals surface area contributed by atoms with Gasteiger partial charge in [0.1, 0.15) is 0 Å². The van der Waals surface area contributed by atoms with Gasteiger partial charge in [0.25, 0.3) is 5.56 Å². The number of para-hydroxylation sites is 1. The molecular formula is C22H23N5O2. The predicted octanol–water partition coefficient (Wildman–Crippen LogP) is 3.19. The second kappa shape index (κ2) is 7.79. The SMILES string of the molecule is CCn1c(=O)c2c(nc(Nc3ccccc3)n2Cc2ccccc2)n(CC)c1=O. The molecule has 4 aromatic rings. The molecule has 0 saturated heterocycles. The highest BCUT2D eigenvalue weighted by Crippen LogP contribution is 2.22. The second-order valence-electron chi connectivity index (χ2n) is 6.75. The number of nitrogens with one attached hydrogen (secondary N) is 1. The number of nitrogens with zero attached hydrogens (tertiary/aromatic N) is 4. The summed E-state index contributed by atoms with van der Waals surface area (Å²) in [6, 6.07) is 19.6. The van der Waals surface area contributed by atoms with E-state index in [2.05, 4.69) is 10.3 Å². The van der Waals surface area contributed by atoms with E-state index in [9.17, 15) is 9.59 Å². The highest BCUT2D eigenvalue weighted by Gasteiger charge is 2.21. The minimum atomic E-state index is -0.330. The van der Waals surface area contributed by atoms with Crippen molar-refractivity contribution in [3.8, 4) is 0 Å². The first-order valence-corrected chi connectivity index (χ1v) is 9.73. The number of aryl methyl sites for hydroxylation is 1. The zero-order valence-corrected chi connectivity index (χ0v) is 16.5. The van der Waals surface area contributed by atoms with Gasteiger partial charge >= 0.3 is 5.69 Å². The molecule has 2 heterocycles. The van der Waals surface area contributed by atoms with Crippen LogP contribution in [-0.2, 0) is 19.6 Å². The Hall–Kier alpha value is -3.61.